The summed E-state index contributed by atoms with van der Waals surface area (Å²) in [6.45, 7) is 1.78. The fraction of sp³-hybridized carbons (Fsp3) is 0.500. The van der Waals surface area contributed by atoms with E-state index in [2.05, 4.69) is 19.9 Å². The number of rotatable bonds is 5. The normalized spacial score (nSPS) is 23.5. The zero-order chi connectivity index (χ0) is 21.6. The lowest BCUT2D eigenvalue weighted by atomic mass is 9.60. The number of ether oxygens (including phenoxy) is 1. The summed E-state index contributed by atoms with van der Waals surface area (Å²) in [5.74, 6) is 2.05. The van der Waals surface area contributed by atoms with Gasteiger partial charge in [0, 0.05) is 30.2 Å². The van der Waals surface area contributed by atoms with Gasteiger partial charge in [-0.15, -0.1) is 11.3 Å². The average molecular weight is 449 g/mol. The van der Waals surface area contributed by atoms with Gasteiger partial charge in [0.15, 0.2) is 0 Å². The molecule has 1 saturated carbocycles. The maximum atomic E-state index is 12.8. The van der Waals surface area contributed by atoms with Gasteiger partial charge in [-0.3, -0.25) is 0 Å². The largest absolute Gasteiger partial charge is 0.481 e. The third kappa shape index (κ3) is 4.20. The van der Waals surface area contributed by atoms with Crippen LogP contribution in [0.2, 0.25) is 0 Å². The number of pyridine rings is 1. The van der Waals surface area contributed by atoms with Crippen molar-refractivity contribution in [1.29, 1.82) is 0 Å². The van der Waals surface area contributed by atoms with Crippen LogP contribution in [0, 0.1) is 11.3 Å². The van der Waals surface area contributed by atoms with Crippen LogP contribution in [0.5, 0.6) is 5.88 Å². The Kier molecular flexibility index (Phi) is 5.03. The van der Waals surface area contributed by atoms with Gasteiger partial charge in [-0.2, -0.15) is 13.2 Å². The van der Waals surface area contributed by atoms with Gasteiger partial charge in [-0.1, -0.05) is 0 Å². The van der Waals surface area contributed by atoms with E-state index in [4.69, 9.17) is 4.74 Å². The van der Waals surface area contributed by atoms with E-state index in [1.807, 2.05) is 12.1 Å². The fourth-order valence-corrected chi connectivity index (χ4v) is 6.23. The minimum Gasteiger partial charge on any atom is -0.481 e. The molecule has 0 unspecified atom stereocenters. The molecule has 1 spiro atoms. The topological polar surface area (TPSA) is 51.1 Å². The van der Waals surface area contributed by atoms with Crippen LogP contribution in [0.3, 0.4) is 0 Å². The highest BCUT2D eigenvalue weighted by Crippen LogP contribution is 2.53. The van der Waals surface area contributed by atoms with Crippen LogP contribution in [0.25, 0.3) is 10.2 Å². The maximum absolute atomic E-state index is 12.8. The van der Waals surface area contributed by atoms with Crippen molar-refractivity contribution >= 4 is 27.4 Å². The quantitative estimate of drug-likeness (QED) is 0.547. The molecule has 0 aromatic carbocycles. The van der Waals surface area contributed by atoms with Gasteiger partial charge in [0.05, 0.1) is 18.9 Å². The van der Waals surface area contributed by atoms with Gasteiger partial charge in [0.2, 0.25) is 5.88 Å². The van der Waals surface area contributed by atoms with Gasteiger partial charge in [0.1, 0.15) is 17.0 Å². The van der Waals surface area contributed by atoms with Crippen molar-refractivity contribution in [2.45, 2.75) is 38.3 Å². The molecular formula is C22H23F3N4OS. The Labute approximate surface area is 182 Å². The molecule has 0 amide bonds. The molecule has 2 aliphatic rings. The molecule has 1 aliphatic carbocycles. The van der Waals surface area contributed by atoms with Crippen LogP contribution in [-0.4, -0.2) is 41.3 Å². The number of fused-ring (bicyclic) bond motifs is 1. The summed E-state index contributed by atoms with van der Waals surface area (Å²) in [7, 11) is 1.63. The number of halogens is 3. The summed E-state index contributed by atoms with van der Waals surface area (Å²) in [6, 6.07) is 5.66. The van der Waals surface area contributed by atoms with E-state index in [-0.39, 0.29) is 10.3 Å². The molecular weight excluding hydrogens is 425 g/mol. The zero-order valence-corrected chi connectivity index (χ0v) is 18.0. The third-order valence-electron chi connectivity index (χ3n) is 6.45. The van der Waals surface area contributed by atoms with Crippen LogP contribution in [0.15, 0.2) is 30.7 Å². The highest BCUT2D eigenvalue weighted by Gasteiger charge is 2.48. The van der Waals surface area contributed by atoms with Crippen LogP contribution in [-0.2, 0) is 12.8 Å². The molecule has 31 heavy (non-hydrogen) atoms. The minimum atomic E-state index is -4.22. The average Bonchev–Trinajstić information content (AvgIpc) is 3.30. The van der Waals surface area contributed by atoms with E-state index in [1.165, 1.54) is 11.9 Å². The lowest BCUT2D eigenvalue weighted by molar-refractivity contribution is -0.126. The first-order valence-corrected chi connectivity index (χ1v) is 11.2. The molecule has 4 heterocycles. The standard InChI is InChI=1S/C22H23F3N4OS/c1-30-18-7-14(2-4-26-18)6-15-9-21(10-15)3-5-29(12-21)19-17-8-16(11-22(23,24)25)31-20(17)28-13-27-19/h2,4,7-8,13,15H,3,5-6,9-12H2,1H3. The van der Waals surface area contributed by atoms with E-state index < -0.39 is 12.6 Å². The highest BCUT2D eigenvalue weighted by atomic mass is 32.1. The van der Waals surface area contributed by atoms with Gasteiger partial charge in [-0.05, 0) is 54.7 Å². The molecule has 1 saturated heterocycles. The molecule has 5 rings (SSSR count). The van der Waals surface area contributed by atoms with Crippen molar-refractivity contribution < 1.29 is 17.9 Å². The van der Waals surface area contributed by atoms with Crippen molar-refractivity contribution in [3.8, 4) is 5.88 Å². The fourth-order valence-electron chi connectivity index (χ4n) is 5.21. The second kappa shape index (κ2) is 7.62. The SMILES string of the molecule is COc1cc(CC2CC3(CCN(c4ncnc5sc(CC(F)(F)F)cc45)C3)C2)ccn1. The summed E-state index contributed by atoms with van der Waals surface area (Å²) < 4.78 is 43.7. The first-order chi connectivity index (χ1) is 14.8. The van der Waals surface area contributed by atoms with E-state index in [9.17, 15) is 13.2 Å². The molecule has 0 radical (unpaired) electrons. The summed E-state index contributed by atoms with van der Waals surface area (Å²) in [4.78, 5) is 16.0. The first kappa shape index (κ1) is 20.5. The summed E-state index contributed by atoms with van der Waals surface area (Å²) >= 11 is 1.11. The monoisotopic (exact) mass is 448 g/mol. The number of thiophene rings is 1. The van der Waals surface area contributed by atoms with Crippen LogP contribution >= 0.6 is 11.3 Å². The van der Waals surface area contributed by atoms with Crippen molar-refractivity contribution in [3.05, 3.63) is 41.2 Å². The highest BCUT2D eigenvalue weighted by molar-refractivity contribution is 7.18. The first-order valence-electron chi connectivity index (χ1n) is 10.4. The van der Waals surface area contributed by atoms with Gasteiger partial charge in [0.25, 0.3) is 0 Å². The summed E-state index contributed by atoms with van der Waals surface area (Å²) in [5, 5.41) is 0.739. The Morgan fingerprint density at radius 3 is 2.84 bits per heavy atom. The van der Waals surface area contributed by atoms with Gasteiger partial charge >= 0.3 is 6.18 Å². The predicted molar refractivity (Wildman–Crippen MR) is 114 cm³/mol. The Balaban J connectivity index is 1.26. The molecule has 0 bridgehead atoms. The Hall–Kier alpha value is -2.42. The number of alkyl halides is 3. The molecule has 3 aromatic heterocycles. The van der Waals surface area contributed by atoms with Crippen LogP contribution < -0.4 is 9.64 Å². The Morgan fingerprint density at radius 2 is 2.06 bits per heavy atom. The number of hydrogen-bond acceptors (Lipinski definition) is 6. The van der Waals surface area contributed by atoms with Gasteiger partial charge in [-0.25, -0.2) is 15.0 Å². The second-order valence-corrected chi connectivity index (χ2v) is 9.89. The van der Waals surface area contributed by atoms with Crippen LogP contribution in [0.4, 0.5) is 19.0 Å². The lowest BCUT2D eigenvalue weighted by Crippen LogP contribution is -2.40. The number of nitrogens with zero attached hydrogens (tertiary/aromatic N) is 4. The number of methoxy groups -OCH3 is 1. The minimum absolute atomic E-state index is 0.282. The van der Waals surface area contributed by atoms with E-state index in [0.29, 0.717) is 16.6 Å². The second-order valence-electron chi connectivity index (χ2n) is 8.78. The number of hydrogen-bond donors (Lipinski definition) is 0. The van der Waals surface area contributed by atoms with Gasteiger partial charge < -0.3 is 9.64 Å². The van der Waals surface area contributed by atoms with Crippen molar-refractivity contribution in [3.63, 3.8) is 0 Å². The number of anilines is 1. The molecule has 2 fully saturated rings. The number of aromatic nitrogens is 3. The van der Waals surface area contributed by atoms with Crippen molar-refractivity contribution in [2.75, 3.05) is 25.1 Å². The molecule has 0 atom stereocenters. The van der Waals surface area contributed by atoms with Crippen molar-refractivity contribution in [2.24, 2.45) is 11.3 Å². The maximum Gasteiger partial charge on any atom is 0.393 e. The molecule has 9 heteroatoms. The Bertz CT molecular complexity index is 1090. The molecule has 0 N–H and O–H groups in total. The van der Waals surface area contributed by atoms with Crippen molar-refractivity contribution in [1.82, 2.24) is 15.0 Å². The van der Waals surface area contributed by atoms with E-state index in [0.717, 1.165) is 61.3 Å². The summed E-state index contributed by atoms with van der Waals surface area (Å²) in [5.41, 5.74) is 1.53. The molecule has 3 aromatic rings. The zero-order valence-electron chi connectivity index (χ0n) is 17.2. The van der Waals surface area contributed by atoms with E-state index >= 15 is 0 Å². The molecule has 164 valence electrons. The third-order valence-corrected chi connectivity index (χ3v) is 7.49. The van der Waals surface area contributed by atoms with E-state index in [1.54, 1.807) is 19.4 Å². The van der Waals surface area contributed by atoms with Crippen LogP contribution in [0.1, 0.15) is 29.7 Å². The molecule has 1 aliphatic heterocycles. The summed E-state index contributed by atoms with van der Waals surface area (Å²) in [6.07, 6.45) is 2.55. The Morgan fingerprint density at radius 1 is 1.23 bits per heavy atom. The smallest absolute Gasteiger partial charge is 0.393 e. The molecule has 5 nitrogen and oxygen atoms in total. The predicted octanol–water partition coefficient (Wildman–Crippen LogP) is 5.05. The lowest BCUT2D eigenvalue weighted by Gasteiger charge is -2.45.